The van der Waals surface area contributed by atoms with Gasteiger partial charge >= 0.3 is 6.03 Å². The molecule has 0 saturated heterocycles. The smallest absolute Gasteiger partial charge is 0.319 e. The second-order valence-electron chi connectivity index (χ2n) is 7.65. The Morgan fingerprint density at radius 1 is 1.03 bits per heavy atom. The molecule has 33 heavy (non-hydrogen) atoms. The molecule has 0 aliphatic rings. The molecule has 0 aliphatic heterocycles. The monoisotopic (exact) mass is 527 g/mol. The molecule has 0 bridgehead atoms. The van der Waals surface area contributed by atoms with Gasteiger partial charge in [-0.1, -0.05) is 52.5 Å². The summed E-state index contributed by atoms with van der Waals surface area (Å²) >= 11 is 24.4. The van der Waals surface area contributed by atoms with E-state index in [1.54, 1.807) is 24.5 Å². The van der Waals surface area contributed by atoms with Gasteiger partial charge in [0.25, 0.3) is 0 Å². The molecule has 3 rings (SSSR count). The van der Waals surface area contributed by atoms with Crippen molar-refractivity contribution >= 4 is 58.1 Å². The van der Waals surface area contributed by atoms with Gasteiger partial charge in [0, 0.05) is 43.0 Å². The van der Waals surface area contributed by atoms with Crippen molar-refractivity contribution in [2.75, 3.05) is 25.0 Å². The number of anilines is 1. The van der Waals surface area contributed by atoms with Crippen LogP contribution < -0.4 is 16.0 Å². The average Bonchev–Trinajstić information content (AvgIpc) is 3.29. The first-order valence-corrected chi connectivity index (χ1v) is 12.0. The molecule has 3 aromatic rings. The second kappa shape index (κ2) is 12.5. The van der Waals surface area contributed by atoms with Gasteiger partial charge < -0.3 is 20.9 Å². The number of amides is 2. The van der Waals surface area contributed by atoms with Gasteiger partial charge in [0.2, 0.25) is 0 Å². The van der Waals surface area contributed by atoms with Crippen molar-refractivity contribution in [3.63, 3.8) is 0 Å². The molecule has 176 valence electrons. The predicted octanol–water partition coefficient (Wildman–Crippen LogP) is 6.46. The zero-order valence-electron chi connectivity index (χ0n) is 18.0. The molecular weight excluding hydrogens is 504 g/mol. The third-order valence-corrected chi connectivity index (χ3v) is 6.70. The zero-order valence-corrected chi connectivity index (χ0v) is 21.0. The number of carbonyl (C=O) groups excluding carboxylic acids is 1. The third kappa shape index (κ3) is 7.80. The highest BCUT2D eigenvalue weighted by molar-refractivity contribution is 6.42. The van der Waals surface area contributed by atoms with Crippen LogP contribution in [0.1, 0.15) is 29.2 Å². The lowest BCUT2D eigenvalue weighted by molar-refractivity contribution is 0.251. The number of urea groups is 1. The summed E-state index contributed by atoms with van der Waals surface area (Å²) in [5.74, 6) is 0.0417. The molecule has 4 N–H and O–H groups in total. The summed E-state index contributed by atoms with van der Waals surface area (Å²) in [5.41, 5.74) is 3.51. The first-order chi connectivity index (χ1) is 15.8. The first-order valence-electron chi connectivity index (χ1n) is 10.5. The van der Waals surface area contributed by atoms with Crippen LogP contribution >= 0.6 is 46.4 Å². The fourth-order valence-electron chi connectivity index (χ4n) is 3.36. The Labute approximate surface area is 213 Å². The van der Waals surface area contributed by atoms with Crippen LogP contribution in [0.25, 0.3) is 0 Å². The number of carbonyl (C=O) groups is 1. The van der Waals surface area contributed by atoms with Crippen LogP contribution in [0.3, 0.4) is 0 Å². The van der Waals surface area contributed by atoms with E-state index in [1.807, 2.05) is 25.3 Å². The standard InChI is InChI=1S/C23H25Cl4N5O/c1-14-8-19(25)21(27)10-22(14)32-23(33)30-11-16(15-2-3-18(24)20(26)9-15)4-6-28-7-5-17-12-29-13-31-17/h2-3,8-10,12-13,16,28H,4-7,11H2,1H3,(H,29,31)(H2,30,32,33). The molecule has 0 fully saturated rings. The van der Waals surface area contributed by atoms with Gasteiger partial charge in [-0.05, 0) is 55.3 Å². The van der Waals surface area contributed by atoms with Crippen LogP contribution in [0, 0.1) is 6.92 Å². The second-order valence-corrected chi connectivity index (χ2v) is 9.28. The zero-order chi connectivity index (χ0) is 23.8. The van der Waals surface area contributed by atoms with Crippen molar-refractivity contribution in [3.8, 4) is 0 Å². The van der Waals surface area contributed by atoms with Gasteiger partial charge in [-0.2, -0.15) is 0 Å². The quantitative estimate of drug-likeness (QED) is 0.228. The third-order valence-electron chi connectivity index (χ3n) is 5.24. The van der Waals surface area contributed by atoms with E-state index >= 15 is 0 Å². The number of nitrogens with one attached hydrogen (secondary N) is 4. The van der Waals surface area contributed by atoms with E-state index in [0.29, 0.717) is 32.3 Å². The summed E-state index contributed by atoms with van der Waals surface area (Å²) in [4.78, 5) is 19.7. The Hall–Kier alpha value is -1.96. The van der Waals surface area contributed by atoms with Gasteiger partial charge in [-0.25, -0.2) is 9.78 Å². The largest absolute Gasteiger partial charge is 0.348 e. The lowest BCUT2D eigenvalue weighted by Crippen LogP contribution is -2.33. The van der Waals surface area contributed by atoms with E-state index in [2.05, 4.69) is 25.9 Å². The molecule has 0 spiro atoms. The number of H-pyrrole nitrogens is 1. The van der Waals surface area contributed by atoms with Crippen molar-refractivity contribution in [1.29, 1.82) is 0 Å². The highest BCUT2D eigenvalue weighted by Gasteiger charge is 2.15. The topological polar surface area (TPSA) is 81.8 Å². The minimum atomic E-state index is -0.325. The van der Waals surface area contributed by atoms with Gasteiger partial charge in [-0.3, -0.25) is 0 Å². The van der Waals surface area contributed by atoms with Crippen LogP contribution in [0.5, 0.6) is 0 Å². The van der Waals surface area contributed by atoms with Crippen molar-refractivity contribution in [1.82, 2.24) is 20.6 Å². The molecule has 1 atom stereocenters. The number of aromatic nitrogens is 2. The highest BCUT2D eigenvalue weighted by atomic mass is 35.5. The number of hydrogen-bond donors (Lipinski definition) is 4. The molecular formula is C23H25Cl4N5O. The Balaban J connectivity index is 1.57. The van der Waals surface area contributed by atoms with Crippen molar-refractivity contribution in [2.24, 2.45) is 0 Å². The summed E-state index contributed by atoms with van der Waals surface area (Å²) in [6, 6.07) is 8.59. The number of aromatic amines is 1. The maximum atomic E-state index is 12.6. The minimum Gasteiger partial charge on any atom is -0.348 e. The Kier molecular flexibility index (Phi) is 9.71. The molecule has 2 aromatic carbocycles. The van der Waals surface area contributed by atoms with E-state index in [0.717, 1.165) is 42.8 Å². The summed E-state index contributed by atoms with van der Waals surface area (Å²) in [7, 11) is 0. The van der Waals surface area contributed by atoms with E-state index in [9.17, 15) is 4.79 Å². The fourth-order valence-corrected chi connectivity index (χ4v) is 4.05. The summed E-state index contributed by atoms with van der Waals surface area (Å²) in [6.07, 6.45) is 5.15. The van der Waals surface area contributed by atoms with Crippen molar-refractivity contribution in [3.05, 3.63) is 79.8 Å². The number of nitrogens with zero attached hydrogens (tertiary/aromatic N) is 1. The predicted molar refractivity (Wildman–Crippen MR) is 137 cm³/mol. The lowest BCUT2D eigenvalue weighted by Gasteiger charge is -2.20. The summed E-state index contributed by atoms with van der Waals surface area (Å²) in [5, 5.41) is 11.0. The molecule has 1 heterocycles. The van der Waals surface area contributed by atoms with Crippen molar-refractivity contribution < 1.29 is 4.79 Å². The average molecular weight is 529 g/mol. The molecule has 1 unspecified atom stereocenters. The first kappa shape index (κ1) is 25.7. The summed E-state index contributed by atoms with van der Waals surface area (Å²) < 4.78 is 0. The van der Waals surface area contributed by atoms with Gasteiger partial charge in [-0.15, -0.1) is 0 Å². The van der Waals surface area contributed by atoms with E-state index in [-0.39, 0.29) is 11.9 Å². The Morgan fingerprint density at radius 2 is 1.79 bits per heavy atom. The van der Waals surface area contributed by atoms with Crippen LogP contribution in [0.15, 0.2) is 42.9 Å². The molecule has 0 saturated carbocycles. The van der Waals surface area contributed by atoms with Gasteiger partial charge in [0.05, 0.1) is 26.4 Å². The van der Waals surface area contributed by atoms with E-state index in [1.165, 1.54) is 0 Å². The molecule has 6 nitrogen and oxygen atoms in total. The molecule has 2 amide bonds. The highest BCUT2D eigenvalue weighted by Crippen LogP contribution is 2.29. The Bertz CT molecular complexity index is 1070. The van der Waals surface area contributed by atoms with Crippen LogP contribution in [0.4, 0.5) is 10.5 Å². The van der Waals surface area contributed by atoms with E-state index < -0.39 is 0 Å². The van der Waals surface area contributed by atoms with Crippen molar-refractivity contribution in [2.45, 2.75) is 25.7 Å². The lowest BCUT2D eigenvalue weighted by atomic mass is 9.95. The fraction of sp³-hybridized carbons (Fsp3) is 0.304. The molecule has 1 aromatic heterocycles. The van der Waals surface area contributed by atoms with Crippen LogP contribution in [-0.4, -0.2) is 35.6 Å². The number of imidazole rings is 1. The normalized spacial score (nSPS) is 11.9. The number of benzene rings is 2. The maximum absolute atomic E-state index is 12.6. The SMILES string of the molecule is Cc1cc(Cl)c(Cl)cc1NC(=O)NCC(CCNCCc1cnc[nH]1)c1ccc(Cl)c(Cl)c1. The van der Waals surface area contributed by atoms with E-state index in [4.69, 9.17) is 46.4 Å². The van der Waals surface area contributed by atoms with Gasteiger partial charge in [0.1, 0.15) is 0 Å². The minimum absolute atomic E-state index is 0.0417. The van der Waals surface area contributed by atoms with Crippen LogP contribution in [0.2, 0.25) is 20.1 Å². The number of hydrogen-bond acceptors (Lipinski definition) is 3. The van der Waals surface area contributed by atoms with Crippen LogP contribution in [-0.2, 0) is 6.42 Å². The number of halogens is 4. The molecule has 0 aliphatic carbocycles. The maximum Gasteiger partial charge on any atom is 0.319 e. The summed E-state index contributed by atoms with van der Waals surface area (Å²) in [6.45, 7) is 3.87. The molecule has 10 heteroatoms. The Morgan fingerprint density at radius 3 is 2.52 bits per heavy atom. The molecule has 0 radical (unpaired) electrons. The number of rotatable bonds is 10. The number of aryl methyl sites for hydroxylation is 1. The van der Waals surface area contributed by atoms with Gasteiger partial charge in [0.15, 0.2) is 0 Å².